The van der Waals surface area contributed by atoms with E-state index in [1.54, 1.807) is 12.4 Å². The van der Waals surface area contributed by atoms with E-state index in [-0.39, 0.29) is 18.1 Å². The van der Waals surface area contributed by atoms with Crippen LogP contribution in [0.15, 0.2) is 36.7 Å². The molecule has 0 amide bonds. The minimum Gasteiger partial charge on any atom is -0.494 e. The van der Waals surface area contributed by atoms with Gasteiger partial charge >= 0.3 is 0 Å². The van der Waals surface area contributed by atoms with Crippen LogP contribution in [0.5, 0.6) is 5.75 Å². The van der Waals surface area contributed by atoms with Gasteiger partial charge in [0.15, 0.2) is 5.13 Å². The van der Waals surface area contributed by atoms with Crippen LogP contribution in [0.2, 0.25) is 0 Å². The molecule has 0 aliphatic carbocycles. The third kappa shape index (κ3) is 2.91. The van der Waals surface area contributed by atoms with Crippen molar-refractivity contribution in [2.24, 2.45) is 7.05 Å². The van der Waals surface area contributed by atoms with Crippen LogP contribution in [-0.4, -0.2) is 26.6 Å². The van der Waals surface area contributed by atoms with Crippen molar-refractivity contribution in [2.75, 3.05) is 12.4 Å². The fraction of sp³-hybridized carbons (Fsp3) is 0.125. The fourth-order valence-electron chi connectivity index (χ4n) is 2.65. The predicted molar refractivity (Wildman–Crippen MR) is 104 cm³/mol. The lowest BCUT2D eigenvalue weighted by molar-refractivity contribution is -0.384. The second kappa shape index (κ2) is 6.77. The first kappa shape index (κ1) is 17.9. The van der Waals surface area contributed by atoms with Gasteiger partial charge in [-0.25, -0.2) is 9.97 Å². The van der Waals surface area contributed by atoms with E-state index in [1.807, 2.05) is 23.7 Å². The number of nitro benzene ring substituents is 1. The van der Waals surface area contributed by atoms with Crippen molar-refractivity contribution in [3.63, 3.8) is 0 Å². The van der Waals surface area contributed by atoms with Crippen LogP contribution in [-0.2, 0) is 7.05 Å². The molecule has 0 spiro atoms. The number of nitro groups is 1. The Bertz CT molecular complexity index is 1120. The molecule has 10 heteroatoms. The maximum absolute atomic E-state index is 10.9. The van der Waals surface area contributed by atoms with Crippen LogP contribution in [0.25, 0.3) is 21.3 Å². The second-order valence-electron chi connectivity index (χ2n) is 5.42. The molecule has 4 aromatic rings. The number of anilines is 2. The number of ether oxygens (including phenoxy) is 1. The minimum atomic E-state index is -0.457. The summed E-state index contributed by atoms with van der Waals surface area (Å²) in [4.78, 5) is 19.5. The Morgan fingerprint density at radius 1 is 1.27 bits per heavy atom. The Balaban J connectivity index is 0.00000196. The molecule has 0 unspecified atom stereocenters. The smallest absolute Gasteiger partial charge is 0.273 e. The molecule has 0 saturated heterocycles. The zero-order valence-electron chi connectivity index (χ0n) is 13.8. The number of nitrogens with one attached hydrogen (secondary N) is 1. The van der Waals surface area contributed by atoms with Gasteiger partial charge in [0.2, 0.25) is 0 Å². The van der Waals surface area contributed by atoms with Crippen molar-refractivity contribution in [1.29, 1.82) is 0 Å². The topological polar surface area (TPSA) is 95.1 Å². The van der Waals surface area contributed by atoms with Gasteiger partial charge in [0, 0.05) is 13.1 Å². The van der Waals surface area contributed by atoms with Crippen molar-refractivity contribution in [1.82, 2.24) is 14.5 Å². The number of imidazole rings is 1. The lowest BCUT2D eigenvalue weighted by Gasteiger charge is -2.08. The lowest BCUT2D eigenvalue weighted by atomic mass is 10.2. The number of thiazole rings is 1. The highest BCUT2D eigenvalue weighted by Crippen LogP contribution is 2.36. The summed E-state index contributed by atoms with van der Waals surface area (Å²) in [7, 11) is 3.41. The van der Waals surface area contributed by atoms with Crippen LogP contribution in [0.4, 0.5) is 16.5 Å². The predicted octanol–water partition coefficient (Wildman–Crippen LogP) is 4.27. The monoisotopic (exact) mass is 391 g/mol. The number of rotatable bonds is 4. The number of aromatic nitrogens is 3. The van der Waals surface area contributed by atoms with E-state index >= 15 is 0 Å². The number of non-ortho nitro benzene ring substituents is 1. The SMILES string of the molecule is COc1cc([N+](=O)[O-])ccc1Nc1nc2c(ccc3c2ncn3C)s1.Cl. The summed E-state index contributed by atoms with van der Waals surface area (Å²) in [6, 6.07) is 8.44. The van der Waals surface area contributed by atoms with E-state index < -0.39 is 4.92 Å². The standard InChI is InChI=1S/C16H13N5O3S.ClH/c1-20-8-17-14-11(20)5-6-13-15(14)19-16(25-13)18-10-4-3-9(21(22)23)7-12(10)24-2;/h3-8H,1-2H3,(H,18,19);1H. The summed E-state index contributed by atoms with van der Waals surface area (Å²) in [5.74, 6) is 0.386. The van der Waals surface area contributed by atoms with Gasteiger partial charge in [-0.1, -0.05) is 11.3 Å². The van der Waals surface area contributed by atoms with Gasteiger partial charge in [-0.05, 0) is 18.2 Å². The molecule has 0 saturated carbocycles. The number of benzene rings is 2. The van der Waals surface area contributed by atoms with Gasteiger partial charge in [0.05, 0.1) is 40.3 Å². The van der Waals surface area contributed by atoms with E-state index in [0.29, 0.717) is 16.6 Å². The van der Waals surface area contributed by atoms with Crippen molar-refractivity contribution < 1.29 is 9.66 Å². The van der Waals surface area contributed by atoms with Crippen molar-refractivity contribution in [3.05, 3.63) is 46.8 Å². The van der Waals surface area contributed by atoms with E-state index in [0.717, 1.165) is 21.3 Å². The number of halogens is 1. The Labute approximate surface area is 158 Å². The third-order valence-corrected chi connectivity index (χ3v) is 4.83. The average molecular weight is 392 g/mol. The maximum atomic E-state index is 10.9. The van der Waals surface area contributed by atoms with E-state index in [4.69, 9.17) is 4.74 Å². The highest BCUT2D eigenvalue weighted by Gasteiger charge is 2.14. The molecular weight excluding hydrogens is 378 g/mol. The van der Waals surface area contributed by atoms with Gasteiger partial charge in [0.25, 0.3) is 5.69 Å². The molecule has 0 fully saturated rings. The highest BCUT2D eigenvalue weighted by atomic mass is 35.5. The van der Waals surface area contributed by atoms with Crippen molar-refractivity contribution in [3.8, 4) is 5.75 Å². The summed E-state index contributed by atoms with van der Waals surface area (Å²) >= 11 is 1.48. The van der Waals surface area contributed by atoms with E-state index in [2.05, 4.69) is 15.3 Å². The first-order chi connectivity index (χ1) is 12.1. The van der Waals surface area contributed by atoms with Crippen LogP contribution in [0.1, 0.15) is 0 Å². The van der Waals surface area contributed by atoms with Gasteiger partial charge in [0.1, 0.15) is 16.8 Å². The average Bonchev–Trinajstić information content (AvgIpc) is 3.18. The minimum absolute atomic E-state index is 0. The Morgan fingerprint density at radius 2 is 2.08 bits per heavy atom. The van der Waals surface area contributed by atoms with Crippen LogP contribution in [0, 0.1) is 10.1 Å². The van der Waals surface area contributed by atoms with Gasteiger partial charge < -0.3 is 14.6 Å². The summed E-state index contributed by atoms with van der Waals surface area (Å²) in [6.07, 6.45) is 1.76. The number of fused-ring (bicyclic) bond motifs is 3. The number of nitrogens with zero attached hydrogens (tertiary/aromatic N) is 4. The van der Waals surface area contributed by atoms with Crippen molar-refractivity contribution >= 4 is 61.5 Å². The van der Waals surface area contributed by atoms with Crippen LogP contribution >= 0.6 is 23.7 Å². The zero-order chi connectivity index (χ0) is 17.6. The number of hydrogen-bond donors (Lipinski definition) is 1. The first-order valence-corrected chi connectivity index (χ1v) is 8.18. The Hall–Kier alpha value is -2.91. The molecule has 1 N–H and O–H groups in total. The molecular formula is C16H14ClN5O3S. The van der Waals surface area contributed by atoms with Gasteiger partial charge in [-0.2, -0.15) is 0 Å². The molecule has 2 aromatic heterocycles. The molecule has 4 rings (SSSR count). The fourth-order valence-corrected chi connectivity index (χ4v) is 3.53. The Kier molecular flexibility index (Phi) is 4.66. The third-order valence-electron chi connectivity index (χ3n) is 3.89. The number of hydrogen-bond acceptors (Lipinski definition) is 7. The molecule has 0 aliphatic heterocycles. The van der Waals surface area contributed by atoms with Crippen LogP contribution < -0.4 is 10.1 Å². The largest absolute Gasteiger partial charge is 0.494 e. The summed E-state index contributed by atoms with van der Waals surface area (Å²) < 4.78 is 8.20. The normalized spacial score (nSPS) is 10.7. The van der Waals surface area contributed by atoms with Crippen LogP contribution in [0.3, 0.4) is 0 Å². The molecule has 0 radical (unpaired) electrons. The molecule has 0 bridgehead atoms. The highest BCUT2D eigenvalue weighted by molar-refractivity contribution is 7.22. The maximum Gasteiger partial charge on any atom is 0.273 e. The van der Waals surface area contributed by atoms with Crippen molar-refractivity contribution in [2.45, 2.75) is 0 Å². The molecule has 2 heterocycles. The zero-order valence-corrected chi connectivity index (χ0v) is 15.4. The number of aryl methyl sites for hydroxylation is 1. The molecule has 8 nitrogen and oxygen atoms in total. The molecule has 134 valence electrons. The van der Waals surface area contributed by atoms with Gasteiger partial charge in [-0.15, -0.1) is 12.4 Å². The quantitative estimate of drug-likeness (QED) is 0.412. The molecule has 26 heavy (non-hydrogen) atoms. The summed E-state index contributed by atoms with van der Waals surface area (Å²) in [5.41, 5.74) is 3.27. The molecule has 0 atom stereocenters. The summed E-state index contributed by atoms with van der Waals surface area (Å²) in [5, 5.41) is 14.7. The van der Waals surface area contributed by atoms with E-state index in [1.165, 1.54) is 30.6 Å². The number of methoxy groups -OCH3 is 1. The molecule has 0 aliphatic rings. The van der Waals surface area contributed by atoms with Gasteiger partial charge in [-0.3, -0.25) is 10.1 Å². The lowest BCUT2D eigenvalue weighted by Crippen LogP contribution is -1.96. The summed E-state index contributed by atoms with van der Waals surface area (Å²) in [6.45, 7) is 0. The Morgan fingerprint density at radius 3 is 2.81 bits per heavy atom. The first-order valence-electron chi connectivity index (χ1n) is 7.37. The second-order valence-corrected chi connectivity index (χ2v) is 6.45. The van der Waals surface area contributed by atoms with E-state index in [9.17, 15) is 10.1 Å². The molecule has 2 aromatic carbocycles.